The first kappa shape index (κ1) is 24.4. The minimum absolute atomic E-state index is 0.127. The van der Waals surface area contributed by atoms with Crippen LogP contribution in [0, 0.1) is 0 Å². The molecule has 9 heteroatoms. The lowest BCUT2D eigenvalue weighted by Crippen LogP contribution is -2.31. The van der Waals surface area contributed by atoms with Gasteiger partial charge in [-0.2, -0.15) is 0 Å². The summed E-state index contributed by atoms with van der Waals surface area (Å²) in [5.41, 5.74) is 2.25. The van der Waals surface area contributed by atoms with Gasteiger partial charge >= 0.3 is 0 Å². The largest absolute Gasteiger partial charge is 0.493 e. The van der Waals surface area contributed by atoms with Crippen LogP contribution in [0.1, 0.15) is 35.4 Å². The van der Waals surface area contributed by atoms with Gasteiger partial charge in [-0.3, -0.25) is 9.59 Å². The fourth-order valence-electron chi connectivity index (χ4n) is 4.46. The first-order valence-corrected chi connectivity index (χ1v) is 11.9. The SMILES string of the molecule is COc1cc(C(=O)NCCCc2nc3ccccc3n2CC(=O)N2CCCC2)cc(OC)c1OC. The Morgan fingerprint density at radius 1 is 1.00 bits per heavy atom. The Labute approximate surface area is 205 Å². The van der Waals surface area contributed by atoms with E-state index in [1.165, 1.54) is 21.3 Å². The molecule has 1 aliphatic rings. The number of nitrogens with one attached hydrogen (secondary N) is 1. The van der Waals surface area contributed by atoms with E-state index in [1.807, 2.05) is 33.7 Å². The Bertz CT molecular complexity index is 1170. The number of hydrogen-bond acceptors (Lipinski definition) is 6. The van der Waals surface area contributed by atoms with Gasteiger partial charge in [-0.05, 0) is 43.5 Å². The van der Waals surface area contributed by atoms with Crippen LogP contribution in [0.25, 0.3) is 11.0 Å². The van der Waals surface area contributed by atoms with Gasteiger partial charge < -0.3 is 29.0 Å². The Kier molecular flexibility index (Phi) is 7.74. The zero-order valence-electron chi connectivity index (χ0n) is 20.5. The van der Waals surface area contributed by atoms with Crippen LogP contribution >= 0.6 is 0 Å². The number of aromatic nitrogens is 2. The van der Waals surface area contributed by atoms with Gasteiger partial charge in [0.15, 0.2) is 11.5 Å². The van der Waals surface area contributed by atoms with Gasteiger partial charge in [-0.25, -0.2) is 4.98 Å². The van der Waals surface area contributed by atoms with Crippen molar-refractivity contribution in [3.8, 4) is 17.2 Å². The Morgan fingerprint density at radius 3 is 2.34 bits per heavy atom. The zero-order valence-corrected chi connectivity index (χ0v) is 20.5. The molecule has 1 fully saturated rings. The standard InChI is InChI=1S/C26H32N4O5/c1-33-21-15-18(16-22(34-2)25(21)35-3)26(32)27-12-8-11-23-28-19-9-4-5-10-20(19)30(23)17-24(31)29-13-6-7-14-29/h4-5,9-10,15-16H,6-8,11-14,17H2,1-3H3,(H,27,32). The third-order valence-corrected chi connectivity index (χ3v) is 6.28. The van der Waals surface area contributed by atoms with Crippen molar-refractivity contribution in [2.24, 2.45) is 0 Å². The van der Waals surface area contributed by atoms with E-state index in [1.54, 1.807) is 12.1 Å². The zero-order chi connectivity index (χ0) is 24.8. The molecular weight excluding hydrogens is 448 g/mol. The first-order chi connectivity index (χ1) is 17.0. The molecule has 0 radical (unpaired) electrons. The van der Waals surface area contributed by atoms with E-state index in [9.17, 15) is 9.59 Å². The second-order valence-corrected chi connectivity index (χ2v) is 8.46. The van der Waals surface area contributed by atoms with Crippen molar-refractivity contribution < 1.29 is 23.8 Å². The summed E-state index contributed by atoms with van der Waals surface area (Å²) in [6.07, 6.45) is 3.44. The molecule has 2 heterocycles. The average molecular weight is 481 g/mol. The third kappa shape index (κ3) is 5.34. The number of carbonyl (C=O) groups is 2. The number of benzene rings is 2. The highest BCUT2D eigenvalue weighted by Gasteiger charge is 2.21. The van der Waals surface area contributed by atoms with Gasteiger partial charge in [0.1, 0.15) is 12.4 Å². The number of fused-ring (bicyclic) bond motifs is 1. The highest BCUT2D eigenvalue weighted by Crippen LogP contribution is 2.38. The molecule has 1 N–H and O–H groups in total. The van der Waals surface area contributed by atoms with Crippen LogP contribution in [0.5, 0.6) is 17.2 Å². The molecule has 0 bridgehead atoms. The lowest BCUT2D eigenvalue weighted by molar-refractivity contribution is -0.130. The van der Waals surface area contributed by atoms with Gasteiger partial charge in [0, 0.05) is 31.6 Å². The van der Waals surface area contributed by atoms with Crippen LogP contribution in [0.15, 0.2) is 36.4 Å². The molecule has 2 amide bonds. The van der Waals surface area contributed by atoms with E-state index >= 15 is 0 Å². The van der Waals surface area contributed by atoms with E-state index in [-0.39, 0.29) is 18.4 Å². The van der Waals surface area contributed by atoms with Crippen molar-refractivity contribution in [1.29, 1.82) is 0 Å². The molecule has 4 rings (SSSR count). The summed E-state index contributed by atoms with van der Waals surface area (Å²) >= 11 is 0. The van der Waals surface area contributed by atoms with Gasteiger partial charge in [0.05, 0.1) is 32.4 Å². The summed E-state index contributed by atoms with van der Waals surface area (Å²) in [6, 6.07) is 11.1. The minimum atomic E-state index is -0.234. The molecule has 1 aromatic heterocycles. The number of imidazole rings is 1. The predicted octanol–water partition coefficient (Wildman–Crippen LogP) is 3.05. The van der Waals surface area contributed by atoms with Crippen LogP contribution in [0.2, 0.25) is 0 Å². The lowest BCUT2D eigenvalue weighted by atomic mass is 10.1. The molecule has 0 aliphatic carbocycles. The molecule has 0 atom stereocenters. The number of carbonyl (C=O) groups excluding carboxylic acids is 2. The summed E-state index contributed by atoms with van der Waals surface area (Å²) in [4.78, 5) is 32.3. The van der Waals surface area contributed by atoms with Crippen molar-refractivity contribution in [1.82, 2.24) is 19.8 Å². The molecule has 0 unspecified atom stereocenters. The van der Waals surface area contributed by atoms with E-state index in [2.05, 4.69) is 5.32 Å². The van der Waals surface area contributed by atoms with E-state index in [0.29, 0.717) is 42.2 Å². The number of likely N-dealkylation sites (tertiary alicyclic amines) is 1. The number of ether oxygens (including phenoxy) is 3. The molecule has 2 aromatic carbocycles. The quantitative estimate of drug-likeness (QED) is 0.448. The lowest BCUT2D eigenvalue weighted by Gasteiger charge is -2.17. The van der Waals surface area contributed by atoms with Gasteiger partial charge in [0.25, 0.3) is 5.91 Å². The number of methoxy groups -OCH3 is 3. The maximum Gasteiger partial charge on any atom is 0.251 e. The normalized spacial score (nSPS) is 13.2. The molecular formula is C26H32N4O5. The molecule has 0 saturated carbocycles. The van der Waals surface area contributed by atoms with Crippen molar-refractivity contribution in [3.05, 3.63) is 47.8 Å². The maximum absolute atomic E-state index is 12.8. The maximum atomic E-state index is 12.8. The second kappa shape index (κ2) is 11.1. The molecule has 1 aliphatic heterocycles. The Balaban J connectivity index is 1.41. The van der Waals surface area contributed by atoms with Crippen molar-refractivity contribution >= 4 is 22.8 Å². The summed E-state index contributed by atoms with van der Waals surface area (Å²) in [7, 11) is 4.55. The van der Waals surface area contributed by atoms with Gasteiger partial charge in [-0.1, -0.05) is 12.1 Å². The fourth-order valence-corrected chi connectivity index (χ4v) is 4.46. The summed E-state index contributed by atoms with van der Waals surface area (Å²) in [5, 5.41) is 2.95. The van der Waals surface area contributed by atoms with Gasteiger partial charge in [0.2, 0.25) is 11.7 Å². The molecule has 3 aromatic rings. The van der Waals surface area contributed by atoms with Crippen molar-refractivity contribution in [2.75, 3.05) is 41.0 Å². The number of aryl methyl sites for hydroxylation is 1. The molecule has 186 valence electrons. The predicted molar refractivity (Wildman–Crippen MR) is 132 cm³/mol. The monoisotopic (exact) mass is 480 g/mol. The highest BCUT2D eigenvalue weighted by atomic mass is 16.5. The van der Waals surface area contributed by atoms with Crippen LogP contribution in [-0.4, -0.2) is 67.2 Å². The topological polar surface area (TPSA) is 94.9 Å². The number of nitrogens with zero attached hydrogens (tertiary/aromatic N) is 3. The summed E-state index contributed by atoms with van der Waals surface area (Å²) in [5.74, 6) is 2.03. The smallest absolute Gasteiger partial charge is 0.251 e. The number of hydrogen-bond donors (Lipinski definition) is 1. The van der Waals surface area contributed by atoms with Crippen molar-refractivity contribution in [2.45, 2.75) is 32.2 Å². The first-order valence-electron chi connectivity index (χ1n) is 11.9. The summed E-state index contributed by atoms with van der Waals surface area (Å²) < 4.78 is 18.0. The van der Waals surface area contributed by atoms with Crippen LogP contribution in [0.3, 0.4) is 0 Å². The van der Waals surface area contributed by atoms with E-state index < -0.39 is 0 Å². The molecule has 0 spiro atoms. The molecule has 9 nitrogen and oxygen atoms in total. The minimum Gasteiger partial charge on any atom is -0.493 e. The second-order valence-electron chi connectivity index (χ2n) is 8.46. The fraction of sp³-hybridized carbons (Fsp3) is 0.423. The van der Waals surface area contributed by atoms with E-state index in [0.717, 1.165) is 42.8 Å². The number of amides is 2. The Morgan fingerprint density at radius 2 is 1.69 bits per heavy atom. The van der Waals surface area contributed by atoms with Crippen LogP contribution in [0.4, 0.5) is 0 Å². The van der Waals surface area contributed by atoms with Gasteiger partial charge in [-0.15, -0.1) is 0 Å². The Hall–Kier alpha value is -3.75. The number of rotatable bonds is 10. The summed E-state index contributed by atoms with van der Waals surface area (Å²) in [6.45, 7) is 2.40. The van der Waals surface area contributed by atoms with Crippen LogP contribution in [-0.2, 0) is 17.8 Å². The molecule has 1 saturated heterocycles. The number of para-hydroxylation sites is 2. The van der Waals surface area contributed by atoms with E-state index in [4.69, 9.17) is 19.2 Å². The average Bonchev–Trinajstić information content (AvgIpc) is 3.54. The van der Waals surface area contributed by atoms with Crippen LogP contribution < -0.4 is 19.5 Å². The third-order valence-electron chi connectivity index (χ3n) is 6.28. The highest BCUT2D eigenvalue weighted by molar-refractivity contribution is 5.95. The molecule has 35 heavy (non-hydrogen) atoms. The van der Waals surface area contributed by atoms with Crippen molar-refractivity contribution in [3.63, 3.8) is 0 Å².